The second-order valence-corrected chi connectivity index (χ2v) is 6.59. The van der Waals surface area contributed by atoms with Gasteiger partial charge in [0.25, 0.3) is 5.91 Å². The molecule has 0 aromatic heterocycles. The van der Waals surface area contributed by atoms with E-state index in [4.69, 9.17) is 0 Å². The Morgan fingerprint density at radius 1 is 1.50 bits per heavy atom. The highest BCUT2D eigenvalue weighted by atomic mass is 79.9. The highest BCUT2D eigenvalue weighted by Crippen LogP contribution is 2.36. The van der Waals surface area contributed by atoms with Crippen molar-refractivity contribution < 1.29 is 9.90 Å². The average molecular weight is 339 g/mol. The Balaban J connectivity index is 1.86. The lowest BCUT2D eigenvalue weighted by Gasteiger charge is -2.27. The number of rotatable bonds is 2. The van der Waals surface area contributed by atoms with Gasteiger partial charge < -0.3 is 15.3 Å². The number of amides is 1. The van der Waals surface area contributed by atoms with Crippen LogP contribution in [-0.2, 0) is 0 Å². The maximum absolute atomic E-state index is 12.7. The monoisotopic (exact) mass is 338 g/mol. The lowest BCUT2D eigenvalue weighted by atomic mass is 9.93. The van der Waals surface area contributed by atoms with Crippen LogP contribution in [0.25, 0.3) is 0 Å². The van der Waals surface area contributed by atoms with Crippen LogP contribution in [0.4, 0.5) is 0 Å². The van der Waals surface area contributed by atoms with Crippen molar-refractivity contribution in [2.45, 2.75) is 19.4 Å². The van der Waals surface area contributed by atoms with Crippen LogP contribution in [-0.4, -0.2) is 41.6 Å². The van der Waals surface area contributed by atoms with Crippen LogP contribution in [0.2, 0.25) is 0 Å². The van der Waals surface area contributed by atoms with Crippen molar-refractivity contribution in [3.8, 4) is 5.75 Å². The zero-order chi connectivity index (χ0) is 14.3. The SMILES string of the molecule is CCC1C2CNCC2CN1C(=O)c1ccc(Br)cc1O. The highest BCUT2D eigenvalue weighted by molar-refractivity contribution is 9.10. The van der Waals surface area contributed by atoms with Crippen LogP contribution >= 0.6 is 15.9 Å². The van der Waals surface area contributed by atoms with E-state index in [1.807, 2.05) is 4.90 Å². The summed E-state index contributed by atoms with van der Waals surface area (Å²) in [4.78, 5) is 14.7. The standard InChI is InChI=1S/C15H19BrN2O2/c1-2-13-12-7-17-6-9(12)8-18(13)15(20)11-4-3-10(16)5-14(11)19/h3-5,9,12-13,17,19H,2,6-8H2,1H3. The summed E-state index contributed by atoms with van der Waals surface area (Å²) in [6.45, 7) is 4.92. The van der Waals surface area contributed by atoms with E-state index in [1.54, 1.807) is 18.2 Å². The molecule has 0 saturated carbocycles. The number of aromatic hydroxyl groups is 1. The number of hydrogen-bond donors (Lipinski definition) is 2. The van der Waals surface area contributed by atoms with Gasteiger partial charge in [-0.05, 0) is 36.5 Å². The van der Waals surface area contributed by atoms with Gasteiger partial charge in [-0.25, -0.2) is 0 Å². The number of phenols is 1. The molecular weight excluding hydrogens is 320 g/mol. The number of phenolic OH excluding ortho intramolecular Hbond substituents is 1. The number of fused-ring (bicyclic) bond motifs is 1. The van der Waals surface area contributed by atoms with E-state index in [-0.39, 0.29) is 17.7 Å². The summed E-state index contributed by atoms with van der Waals surface area (Å²) < 4.78 is 0.779. The summed E-state index contributed by atoms with van der Waals surface area (Å²) in [6, 6.07) is 5.35. The second kappa shape index (κ2) is 5.37. The fraction of sp³-hybridized carbons (Fsp3) is 0.533. The molecule has 0 aliphatic carbocycles. The fourth-order valence-corrected chi connectivity index (χ4v) is 3.97. The quantitative estimate of drug-likeness (QED) is 0.869. The molecule has 2 heterocycles. The summed E-state index contributed by atoms with van der Waals surface area (Å²) in [5, 5.41) is 13.4. The van der Waals surface area contributed by atoms with Crippen LogP contribution in [0, 0.1) is 11.8 Å². The third-order valence-corrected chi connectivity index (χ3v) is 5.08. The molecule has 0 radical (unpaired) electrons. The Morgan fingerprint density at radius 2 is 2.30 bits per heavy atom. The van der Waals surface area contributed by atoms with Crippen LogP contribution in [0.5, 0.6) is 5.75 Å². The van der Waals surface area contributed by atoms with E-state index in [2.05, 4.69) is 28.2 Å². The normalized spacial score (nSPS) is 28.7. The molecule has 3 rings (SSSR count). The molecule has 1 aromatic rings. The van der Waals surface area contributed by atoms with Gasteiger partial charge in [0.1, 0.15) is 5.75 Å². The van der Waals surface area contributed by atoms with Gasteiger partial charge in [0.2, 0.25) is 0 Å². The smallest absolute Gasteiger partial charge is 0.257 e. The lowest BCUT2D eigenvalue weighted by molar-refractivity contribution is 0.0708. The number of benzene rings is 1. The zero-order valence-electron chi connectivity index (χ0n) is 11.5. The molecule has 3 atom stereocenters. The zero-order valence-corrected chi connectivity index (χ0v) is 13.1. The van der Waals surface area contributed by atoms with Gasteiger partial charge in [0, 0.05) is 30.1 Å². The molecule has 4 nitrogen and oxygen atoms in total. The van der Waals surface area contributed by atoms with Crippen molar-refractivity contribution in [3.05, 3.63) is 28.2 Å². The first-order valence-corrected chi connectivity index (χ1v) is 7.91. The number of likely N-dealkylation sites (tertiary alicyclic amines) is 1. The average Bonchev–Trinajstić information content (AvgIpc) is 2.97. The lowest BCUT2D eigenvalue weighted by Crippen LogP contribution is -2.39. The van der Waals surface area contributed by atoms with E-state index >= 15 is 0 Å². The Labute approximate surface area is 127 Å². The largest absolute Gasteiger partial charge is 0.507 e. The number of nitrogens with zero attached hydrogens (tertiary/aromatic N) is 1. The molecule has 2 saturated heterocycles. The Kier molecular flexibility index (Phi) is 3.73. The van der Waals surface area contributed by atoms with Crippen LogP contribution in [0.3, 0.4) is 0 Å². The van der Waals surface area contributed by atoms with Gasteiger partial charge in [0.15, 0.2) is 0 Å². The molecular formula is C15H19BrN2O2. The molecule has 0 spiro atoms. The first-order chi connectivity index (χ1) is 9.61. The van der Waals surface area contributed by atoms with Crippen LogP contribution in [0.1, 0.15) is 23.7 Å². The van der Waals surface area contributed by atoms with Gasteiger partial charge in [-0.3, -0.25) is 4.79 Å². The third-order valence-electron chi connectivity index (χ3n) is 4.59. The summed E-state index contributed by atoms with van der Waals surface area (Å²) in [5.74, 6) is 1.12. The first kappa shape index (κ1) is 13.9. The van der Waals surface area contributed by atoms with E-state index in [0.29, 0.717) is 17.4 Å². The van der Waals surface area contributed by atoms with Gasteiger partial charge in [-0.2, -0.15) is 0 Å². The number of carbonyl (C=O) groups is 1. The van der Waals surface area contributed by atoms with Crippen molar-refractivity contribution in [3.63, 3.8) is 0 Å². The molecule has 20 heavy (non-hydrogen) atoms. The molecule has 1 aromatic carbocycles. The molecule has 2 aliphatic heterocycles. The summed E-state index contributed by atoms with van der Waals surface area (Å²) in [6.07, 6.45) is 0.964. The minimum atomic E-state index is -0.0451. The van der Waals surface area contributed by atoms with E-state index in [1.165, 1.54) is 0 Å². The van der Waals surface area contributed by atoms with E-state index in [9.17, 15) is 9.90 Å². The van der Waals surface area contributed by atoms with Gasteiger partial charge >= 0.3 is 0 Å². The van der Waals surface area contributed by atoms with Gasteiger partial charge in [-0.1, -0.05) is 22.9 Å². The molecule has 3 unspecified atom stereocenters. The highest BCUT2D eigenvalue weighted by Gasteiger charge is 2.45. The van der Waals surface area contributed by atoms with E-state index in [0.717, 1.165) is 30.5 Å². The molecule has 2 fully saturated rings. The number of hydrogen-bond acceptors (Lipinski definition) is 3. The molecule has 5 heteroatoms. The third kappa shape index (κ3) is 2.23. The maximum Gasteiger partial charge on any atom is 0.257 e. The second-order valence-electron chi connectivity index (χ2n) is 5.68. The minimum absolute atomic E-state index is 0.0451. The van der Waals surface area contributed by atoms with Crippen LogP contribution < -0.4 is 5.32 Å². The van der Waals surface area contributed by atoms with Gasteiger partial charge in [0.05, 0.1) is 5.56 Å². The predicted octanol–water partition coefficient (Wildman–Crippen LogP) is 2.22. The molecule has 0 bridgehead atoms. The Hall–Kier alpha value is -1.07. The van der Waals surface area contributed by atoms with Crippen molar-refractivity contribution in [2.75, 3.05) is 19.6 Å². The topological polar surface area (TPSA) is 52.6 Å². The predicted molar refractivity (Wildman–Crippen MR) is 80.8 cm³/mol. The Bertz CT molecular complexity index is 535. The summed E-state index contributed by atoms with van der Waals surface area (Å²) in [7, 11) is 0. The van der Waals surface area contributed by atoms with Crippen molar-refractivity contribution in [1.29, 1.82) is 0 Å². The van der Waals surface area contributed by atoms with Crippen molar-refractivity contribution in [1.82, 2.24) is 10.2 Å². The van der Waals surface area contributed by atoms with Crippen LogP contribution in [0.15, 0.2) is 22.7 Å². The maximum atomic E-state index is 12.7. The number of halogens is 1. The number of carbonyl (C=O) groups excluding carboxylic acids is 1. The van der Waals surface area contributed by atoms with Gasteiger partial charge in [-0.15, -0.1) is 0 Å². The first-order valence-electron chi connectivity index (χ1n) is 7.12. The Morgan fingerprint density at radius 3 is 3.00 bits per heavy atom. The van der Waals surface area contributed by atoms with E-state index < -0.39 is 0 Å². The van der Waals surface area contributed by atoms with Crippen molar-refractivity contribution in [2.24, 2.45) is 11.8 Å². The molecule has 108 valence electrons. The summed E-state index contributed by atoms with van der Waals surface area (Å²) >= 11 is 3.30. The molecule has 2 aliphatic rings. The minimum Gasteiger partial charge on any atom is -0.507 e. The summed E-state index contributed by atoms with van der Waals surface area (Å²) in [5.41, 5.74) is 0.402. The molecule has 1 amide bonds. The fourth-order valence-electron chi connectivity index (χ4n) is 3.62. The van der Waals surface area contributed by atoms with Crippen molar-refractivity contribution >= 4 is 21.8 Å². The number of nitrogens with one attached hydrogen (secondary N) is 1. The molecule has 2 N–H and O–H groups in total.